The van der Waals surface area contributed by atoms with Crippen molar-refractivity contribution in [2.75, 3.05) is 6.54 Å². The molecule has 0 unspecified atom stereocenters. The number of carbonyl (C=O) groups is 3. The summed E-state index contributed by atoms with van der Waals surface area (Å²) in [4.78, 5) is 43.7. The molecule has 2 aromatic carbocycles. The Kier molecular flexibility index (Phi) is 5.28. The summed E-state index contributed by atoms with van der Waals surface area (Å²) in [6.45, 7) is 0.0762. The predicted octanol–water partition coefficient (Wildman–Crippen LogP) is 4.43. The first-order chi connectivity index (χ1) is 15.1. The van der Waals surface area contributed by atoms with Gasteiger partial charge in [-0.25, -0.2) is 4.98 Å². The van der Waals surface area contributed by atoms with Gasteiger partial charge in [0, 0.05) is 6.54 Å². The third-order valence-electron chi connectivity index (χ3n) is 6.11. The van der Waals surface area contributed by atoms with E-state index < -0.39 is 5.97 Å². The van der Waals surface area contributed by atoms with Gasteiger partial charge in [-0.3, -0.25) is 19.3 Å². The lowest BCUT2D eigenvalue weighted by molar-refractivity contribution is -0.141. The van der Waals surface area contributed by atoms with Crippen LogP contribution in [0.3, 0.4) is 0 Å². The molecule has 0 bridgehead atoms. The summed E-state index contributed by atoms with van der Waals surface area (Å²) < 4.78 is 6.68. The zero-order valence-corrected chi connectivity index (χ0v) is 17.8. The largest absolute Gasteiger partial charge is 0.426 e. The van der Waals surface area contributed by atoms with Crippen molar-refractivity contribution in [3.05, 3.63) is 48.5 Å². The maximum absolute atomic E-state index is 12.6. The van der Waals surface area contributed by atoms with Crippen molar-refractivity contribution < 1.29 is 19.1 Å². The van der Waals surface area contributed by atoms with Gasteiger partial charge in [-0.15, -0.1) is 11.3 Å². The molecule has 2 atom stereocenters. The molecule has 1 aromatic heterocycles. The fourth-order valence-corrected chi connectivity index (χ4v) is 5.54. The van der Waals surface area contributed by atoms with Crippen LogP contribution < -0.4 is 4.74 Å². The van der Waals surface area contributed by atoms with E-state index in [4.69, 9.17) is 4.74 Å². The molecule has 5 rings (SSSR count). The van der Waals surface area contributed by atoms with Gasteiger partial charge in [0.15, 0.2) is 0 Å². The molecule has 1 saturated heterocycles. The molecule has 2 fully saturated rings. The molecule has 7 heteroatoms. The first-order valence-corrected chi connectivity index (χ1v) is 11.4. The number of fused-ring (bicyclic) bond motifs is 2. The predicted molar refractivity (Wildman–Crippen MR) is 117 cm³/mol. The molecule has 0 N–H and O–H groups in total. The minimum atomic E-state index is -0.468. The normalized spacial score (nSPS) is 20.8. The van der Waals surface area contributed by atoms with Crippen molar-refractivity contribution in [1.29, 1.82) is 0 Å². The van der Waals surface area contributed by atoms with E-state index in [0.29, 0.717) is 5.75 Å². The number of likely N-dealkylation sites (tertiary alicyclic amines) is 1. The highest BCUT2D eigenvalue weighted by Crippen LogP contribution is 2.38. The topological polar surface area (TPSA) is 76.6 Å². The zero-order chi connectivity index (χ0) is 21.4. The number of esters is 1. The van der Waals surface area contributed by atoms with Crippen LogP contribution in [0.1, 0.15) is 32.1 Å². The molecule has 0 spiro atoms. The lowest BCUT2D eigenvalue weighted by atomic mass is 9.81. The summed E-state index contributed by atoms with van der Waals surface area (Å²) in [6.07, 6.45) is 3.49. The Labute approximate surface area is 183 Å². The van der Waals surface area contributed by atoms with E-state index in [9.17, 15) is 14.4 Å². The second-order valence-corrected chi connectivity index (χ2v) is 9.06. The van der Waals surface area contributed by atoms with Crippen LogP contribution in [0.15, 0.2) is 48.5 Å². The molecule has 2 heterocycles. The van der Waals surface area contributed by atoms with Crippen molar-refractivity contribution in [3.63, 3.8) is 0 Å². The SMILES string of the molecule is O=C(CCN1C(=O)[C@H]2CCCC[C@H]2C1=O)Oc1ccccc1-c1nc2ccccc2s1. The first-order valence-electron chi connectivity index (χ1n) is 10.6. The number of hydrogen-bond donors (Lipinski definition) is 0. The Balaban J connectivity index is 1.28. The van der Waals surface area contributed by atoms with Crippen LogP contribution in [0.2, 0.25) is 0 Å². The summed E-state index contributed by atoms with van der Waals surface area (Å²) in [7, 11) is 0. The van der Waals surface area contributed by atoms with E-state index in [1.807, 2.05) is 36.4 Å². The molecule has 31 heavy (non-hydrogen) atoms. The molecule has 0 radical (unpaired) electrons. The summed E-state index contributed by atoms with van der Waals surface area (Å²) >= 11 is 1.54. The van der Waals surface area contributed by atoms with Crippen LogP contribution >= 0.6 is 11.3 Å². The van der Waals surface area contributed by atoms with Gasteiger partial charge in [0.05, 0.1) is 34.0 Å². The first kappa shape index (κ1) is 19.9. The van der Waals surface area contributed by atoms with Crippen molar-refractivity contribution in [1.82, 2.24) is 9.88 Å². The van der Waals surface area contributed by atoms with E-state index in [-0.39, 0.29) is 36.6 Å². The van der Waals surface area contributed by atoms with Crippen LogP contribution in [-0.2, 0) is 14.4 Å². The molecule has 158 valence electrons. The maximum Gasteiger partial charge on any atom is 0.313 e. The van der Waals surface area contributed by atoms with Gasteiger partial charge in [0.1, 0.15) is 10.8 Å². The molecular weight excluding hydrogens is 412 g/mol. The lowest BCUT2D eigenvalue weighted by Crippen LogP contribution is -2.33. The number of amides is 2. The highest BCUT2D eigenvalue weighted by molar-refractivity contribution is 7.21. The summed E-state index contributed by atoms with van der Waals surface area (Å²) in [6, 6.07) is 15.2. The molecule has 2 aliphatic rings. The minimum Gasteiger partial charge on any atom is -0.426 e. The summed E-state index contributed by atoms with van der Waals surface area (Å²) in [5.74, 6) is -0.688. The van der Waals surface area contributed by atoms with Crippen LogP contribution in [0.25, 0.3) is 20.8 Å². The summed E-state index contributed by atoms with van der Waals surface area (Å²) in [5, 5.41) is 0.776. The standard InChI is InChI=1S/C24H22N2O4S/c27-21(13-14-26-23(28)15-7-1-2-8-16(15)24(26)29)30-19-11-5-3-9-17(19)22-25-18-10-4-6-12-20(18)31-22/h3-6,9-12,15-16H,1-2,7-8,13-14H2/t15-,16+. The third kappa shape index (κ3) is 3.74. The average molecular weight is 435 g/mol. The third-order valence-corrected chi connectivity index (χ3v) is 7.18. The Bertz CT molecular complexity index is 1110. The summed E-state index contributed by atoms with van der Waals surface area (Å²) in [5.41, 5.74) is 1.65. The zero-order valence-electron chi connectivity index (χ0n) is 17.0. The van der Waals surface area contributed by atoms with Gasteiger partial charge in [-0.2, -0.15) is 0 Å². The molecule has 1 aliphatic heterocycles. The fraction of sp³-hybridized carbons (Fsp3) is 0.333. The molecule has 6 nitrogen and oxygen atoms in total. The average Bonchev–Trinajstić information content (AvgIpc) is 3.32. The van der Waals surface area contributed by atoms with Gasteiger partial charge < -0.3 is 4.74 Å². The highest BCUT2D eigenvalue weighted by atomic mass is 32.1. The van der Waals surface area contributed by atoms with Crippen molar-refractivity contribution in [2.24, 2.45) is 11.8 Å². The number of hydrogen-bond acceptors (Lipinski definition) is 6. The Morgan fingerprint density at radius 3 is 2.42 bits per heavy atom. The Hall–Kier alpha value is -3.06. The molecule has 3 aromatic rings. The lowest BCUT2D eigenvalue weighted by Gasteiger charge is -2.19. The van der Waals surface area contributed by atoms with Crippen LogP contribution in [0.5, 0.6) is 5.75 Å². The van der Waals surface area contributed by atoms with E-state index in [1.54, 1.807) is 12.1 Å². The number of ether oxygens (including phenoxy) is 1. The van der Waals surface area contributed by atoms with Crippen molar-refractivity contribution in [3.8, 4) is 16.3 Å². The highest BCUT2D eigenvalue weighted by Gasteiger charge is 2.47. The Morgan fingerprint density at radius 2 is 1.68 bits per heavy atom. The van der Waals surface area contributed by atoms with Gasteiger partial charge in [-0.05, 0) is 37.1 Å². The van der Waals surface area contributed by atoms with Crippen LogP contribution in [0.4, 0.5) is 0 Å². The van der Waals surface area contributed by atoms with Gasteiger partial charge in [0.2, 0.25) is 11.8 Å². The number of carbonyl (C=O) groups excluding carboxylic acids is 3. The van der Waals surface area contributed by atoms with E-state index in [1.165, 1.54) is 16.2 Å². The number of thiazole rings is 1. The number of para-hydroxylation sites is 2. The fourth-order valence-electron chi connectivity index (χ4n) is 4.55. The van der Waals surface area contributed by atoms with Gasteiger partial charge in [-0.1, -0.05) is 37.1 Å². The second-order valence-electron chi connectivity index (χ2n) is 8.03. The maximum atomic E-state index is 12.6. The number of benzene rings is 2. The molecule has 1 saturated carbocycles. The van der Waals surface area contributed by atoms with Gasteiger partial charge in [0.25, 0.3) is 0 Å². The van der Waals surface area contributed by atoms with E-state index >= 15 is 0 Å². The van der Waals surface area contributed by atoms with E-state index in [0.717, 1.165) is 46.5 Å². The molecule has 2 amide bonds. The quantitative estimate of drug-likeness (QED) is 0.337. The molecular formula is C24H22N2O4S. The van der Waals surface area contributed by atoms with Crippen molar-refractivity contribution in [2.45, 2.75) is 32.1 Å². The monoisotopic (exact) mass is 434 g/mol. The number of imide groups is 1. The van der Waals surface area contributed by atoms with Crippen LogP contribution in [-0.4, -0.2) is 34.2 Å². The second kappa shape index (κ2) is 8.23. The Morgan fingerprint density at radius 1 is 1.00 bits per heavy atom. The van der Waals surface area contributed by atoms with Crippen molar-refractivity contribution >= 4 is 39.3 Å². The number of aromatic nitrogens is 1. The molecule has 1 aliphatic carbocycles. The number of rotatable bonds is 5. The van der Waals surface area contributed by atoms with Crippen LogP contribution in [0, 0.1) is 11.8 Å². The van der Waals surface area contributed by atoms with Gasteiger partial charge >= 0.3 is 5.97 Å². The number of nitrogens with zero attached hydrogens (tertiary/aromatic N) is 2. The smallest absolute Gasteiger partial charge is 0.313 e. The van der Waals surface area contributed by atoms with E-state index in [2.05, 4.69) is 4.98 Å². The minimum absolute atomic E-state index is 0.0227.